The van der Waals surface area contributed by atoms with Crippen molar-refractivity contribution < 1.29 is 15.3 Å². The summed E-state index contributed by atoms with van der Waals surface area (Å²) in [5.74, 6) is 0.150. The second kappa shape index (κ2) is 3.84. The van der Waals surface area contributed by atoms with Crippen LogP contribution < -0.4 is 0 Å². The van der Waals surface area contributed by atoms with Crippen LogP contribution in [0.5, 0.6) is 5.75 Å². The molecule has 0 bridgehead atoms. The molecule has 78 valence electrons. The Morgan fingerprint density at radius 1 is 1.40 bits per heavy atom. The summed E-state index contributed by atoms with van der Waals surface area (Å²) in [5, 5.41) is 18.9. The molecular formula is C11H11NO3. The molecule has 15 heavy (non-hydrogen) atoms. The third-order valence-corrected chi connectivity index (χ3v) is 2.34. The lowest BCUT2D eigenvalue weighted by Gasteiger charge is -2.08. The van der Waals surface area contributed by atoms with E-state index in [4.69, 9.17) is 5.26 Å². The third kappa shape index (κ3) is 1.77. The predicted octanol–water partition coefficient (Wildman–Crippen LogP) is 2.49. The van der Waals surface area contributed by atoms with Crippen molar-refractivity contribution in [2.24, 2.45) is 0 Å². The van der Waals surface area contributed by atoms with Crippen molar-refractivity contribution in [3.8, 4) is 5.75 Å². The highest BCUT2D eigenvalue weighted by atomic mass is 17.1. The number of hydrogen-bond acceptors (Lipinski definition) is 4. The minimum absolute atomic E-state index is 0.150. The minimum Gasteiger partial charge on any atom is -0.506 e. The summed E-state index contributed by atoms with van der Waals surface area (Å²) >= 11 is 0. The lowest BCUT2D eigenvalue weighted by atomic mass is 10.1. The fraction of sp³-hybridized carbons (Fsp3) is 0.182. The SMILES string of the molecule is CC(OO)c1cnc2c(O)cccc2c1. The van der Waals surface area contributed by atoms with Crippen LogP contribution in [-0.4, -0.2) is 15.3 Å². The van der Waals surface area contributed by atoms with E-state index in [-0.39, 0.29) is 5.75 Å². The fourth-order valence-electron chi connectivity index (χ4n) is 1.44. The van der Waals surface area contributed by atoms with E-state index in [1.54, 1.807) is 25.3 Å². The van der Waals surface area contributed by atoms with E-state index in [0.29, 0.717) is 5.52 Å². The summed E-state index contributed by atoms with van der Waals surface area (Å²) in [5.41, 5.74) is 1.31. The monoisotopic (exact) mass is 205 g/mol. The van der Waals surface area contributed by atoms with Crippen LogP contribution in [0.15, 0.2) is 30.5 Å². The Morgan fingerprint density at radius 3 is 2.93 bits per heavy atom. The highest BCUT2D eigenvalue weighted by Crippen LogP contribution is 2.25. The van der Waals surface area contributed by atoms with Crippen LogP contribution in [0.25, 0.3) is 10.9 Å². The molecule has 0 aliphatic carbocycles. The van der Waals surface area contributed by atoms with Gasteiger partial charge in [0, 0.05) is 17.1 Å². The smallest absolute Gasteiger partial charge is 0.141 e. The summed E-state index contributed by atoms with van der Waals surface area (Å²) in [4.78, 5) is 8.32. The normalized spacial score (nSPS) is 12.9. The zero-order chi connectivity index (χ0) is 10.8. The van der Waals surface area contributed by atoms with Crippen LogP contribution >= 0.6 is 0 Å². The fourth-order valence-corrected chi connectivity index (χ4v) is 1.44. The van der Waals surface area contributed by atoms with Crippen molar-refractivity contribution >= 4 is 10.9 Å². The van der Waals surface area contributed by atoms with Gasteiger partial charge in [-0.2, -0.15) is 0 Å². The van der Waals surface area contributed by atoms with Gasteiger partial charge in [-0.05, 0) is 19.1 Å². The lowest BCUT2D eigenvalue weighted by Crippen LogP contribution is -1.97. The Morgan fingerprint density at radius 2 is 2.20 bits per heavy atom. The van der Waals surface area contributed by atoms with E-state index in [1.165, 1.54) is 0 Å². The standard InChI is InChI=1S/C11H11NO3/c1-7(15-14)9-5-8-3-2-4-10(13)11(8)12-6-9/h2-7,13-14H,1H3. The first-order valence-electron chi connectivity index (χ1n) is 4.60. The minimum atomic E-state index is -0.427. The van der Waals surface area contributed by atoms with Crippen molar-refractivity contribution in [2.45, 2.75) is 13.0 Å². The molecule has 0 saturated heterocycles. The third-order valence-electron chi connectivity index (χ3n) is 2.34. The molecule has 0 amide bonds. The summed E-state index contributed by atoms with van der Waals surface area (Å²) in [6.07, 6.45) is 1.15. The zero-order valence-electron chi connectivity index (χ0n) is 8.21. The number of rotatable bonds is 2. The Bertz CT molecular complexity index is 484. The second-order valence-corrected chi connectivity index (χ2v) is 3.37. The van der Waals surface area contributed by atoms with Crippen molar-refractivity contribution in [3.63, 3.8) is 0 Å². The van der Waals surface area contributed by atoms with Crippen LogP contribution in [0.3, 0.4) is 0 Å². The molecule has 1 aromatic heterocycles. The summed E-state index contributed by atoms with van der Waals surface area (Å²) in [7, 11) is 0. The maximum atomic E-state index is 9.51. The largest absolute Gasteiger partial charge is 0.506 e. The van der Waals surface area contributed by atoms with Crippen molar-refractivity contribution in [3.05, 3.63) is 36.0 Å². The maximum Gasteiger partial charge on any atom is 0.141 e. The van der Waals surface area contributed by atoms with Gasteiger partial charge in [0.25, 0.3) is 0 Å². The first kappa shape index (κ1) is 9.89. The van der Waals surface area contributed by atoms with Crippen LogP contribution in [0.4, 0.5) is 0 Å². The van der Waals surface area contributed by atoms with Crippen LogP contribution in [0.2, 0.25) is 0 Å². The van der Waals surface area contributed by atoms with Gasteiger partial charge < -0.3 is 5.11 Å². The van der Waals surface area contributed by atoms with Crippen molar-refractivity contribution in [1.82, 2.24) is 4.98 Å². The first-order chi connectivity index (χ1) is 7.22. The van der Waals surface area contributed by atoms with Gasteiger partial charge in [-0.1, -0.05) is 12.1 Å². The van der Waals surface area contributed by atoms with Crippen molar-refractivity contribution in [2.75, 3.05) is 0 Å². The molecule has 4 heteroatoms. The molecule has 0 spiro atoms. The molecule has 1 unspecified atom stereocenters. The summed E-state index contributed by atoms with van der Waals surface area (Å²) in [6.45, 7) is 1.71. The highest BCUT2D eigenvalue weighted by molar-refractivity contribution is 5.84. The van der Waals surface area contributed by atoms with Crippen molar-refractivity contribution in [1.29, 1.82) is 0 Å². The molecule has 0 saturated carbocycles. The number of hydrogen-bond donors (Lipinski definition) is 2. The average molecular weight is 205 g/mol. The highest BCUT2D eigenvalue weighted by Gasteiger charge is 2.08. The van der Waals surface area contributed by atoms with E-state index in [1.807, 2.05) is 12.1 Å². The molecule has 0 aliphatic heterocycles. The number of benzene rings is 1. The van der Waals surface area contributed by atoms with Crippen LogP contribution in [0, 0.1) is 0 Å². The Hall–Kier alpha value is -1.65. The maximum absolute atomic E-state index is 9.51. The number of aromatic hydroxyl groups is 1. The van der Waals surface area contributed by atoms with Gasteiger partial charge in [-0.15, -0.1) is 0 Å². The van der Waals surface area contributed by atoms with Gasteiger partial charge in [0.15, 0.2) is 0 Å². The van der Waals surface area contributed by atoms with Gasteiger partial charge in [-0.3, -0.25) is 10.2 Å². The molecule has 4 nitrogen and oxygen atoms in total. The van der Waals surface area contributed by atoms with E-state index in [2.05, 4.69) is 9.87 Å². The molecule has 1 heterocycles. The second-order valence-electron chi connectivity index (χ2n) is 3.37. The van der Waals surface area contributed by atoms with Crippen LogP contribution in [0.1, 0.15) is 18.6 Å². The number of phenolic OH excluding ortho intramolecular Hbond substituents is 1. The average Bonchev–Trinajstić information content (AvgIpc) is 2.28. The van der Waals surface area contributed by atoms with Gasteiger partial charge >= 0.3 is 0 Å². The number of nitrogens with zero attached hydrogens (tertiary/aromatic N) is 1. The van der Waals surface area contributed by atoms with Crippen LogP contribution in [-0.2, 0) is 4.89 Å². The van der Waals surface area contributed by atoms with E-state index >= 15 is 0 Å². The zero-order valence-corrected chi connectivity index (χ0v) is 8.21. The Balaban J connectivity index is 2.57. The number of phenols is 1. The molecule has 1 atom stereocenters. The summed E-state index contributed by atoms with van der Waals surface area (Å²) < 4.78 is 0. The number of pyridine rings is 1. The Kier molecular flexibility index (Phi) is 2.53. The van der Waals surface area contributed by atoms with E-state index < -0.39 is 6.10 Å². The number of para-hydroxylation sites is 1. The topological polar surface area (TPSA) is 62.6 Å². The molecule has 2 N–H and O–H groups in total. The lowest BCUT2D eigenvalue weighted by molar-refractivity contribution is -0.277. The molecule has 0 fully saturated rings. The molecule has 2 aromatic rings. The molecule has 2 rings (SSSR count). The van der Waals surface area contributed by atoms with Gasteiger partial charge in [0.1, 0.15) is 17.4 Å². The van der Waals surface area contributed by atoms with Gasteiger partial charge in [-0.25, -0.2) is 4.89 Å². The first-order valence-corrected chi connectivity index (χ1v) is 4.60. The summed E-state index contributed by atoms with van der Waals surface area (Å²) in [6, 6.07) is 6.99. The predicted molar refractivity (Wildman–Crippen MR) is 55.5 cm³/mol. The molecule has 0 aliphatic rings. The van der Waals surface area contributed by atoms with E-state index in [0.717, 1.165) is 10.9 Å². The molecule has 1 aromatic carbocycles. The van der Waals surface area contributed by atoms with E-state index in [9.17, 15) is 5.11 Å². The molecule has 0 radical (unpaired) electrons. The number of aromatic nitrogens is 1. The quantitative estimate of drug-likeness (QED) is 0.584. The Labute approximate surface area is 86.7 Å². The number of fused-ring (bicyclic) bond motifs is 1. The molecular weight excluding hydrogens is 194 g/mol. The van der Waals surface area contributed by atoms with Gasteiger partial charge in [0.2, 0.25) is 0 Å². The van der Waals surface area contributed by atoms with Gasteiger partial charge in [0.05, 0.1) is 0 Å².